The Kier molecular flexibility index (Phi) is 5.89. The second-order valence-corrected chi connectivity index (χ2v) is 7.73. The van der Waals surface area contributed by atoms with Crippen LogP contribution in [0.25, 0.3) is 0 Å². The summed E-state index contributed by atoms with van der Waals surface area (Å²) in [6.07, 6.45) is 3.90. The quantitative estimate of drug-likeness (QED) is 0.859. The molecule has 132 valence electrons. The molecule has 1 saturated carbocycles. The number of carboxylic acids is 1. The van der Waals surface area contributed by atoms with E-state index in [0.29, 0.717) is 38.5 Å². The Balaban J connectivity index is 1.66. The first kappa shape index (κ1) is 18.0. The fourth-order valence-corrected chi connectivity index (χ4v) is 3.21. The third-order valence-electron chi connectivity index (χ3n) is 4.53. The SMILES string of the molecule is CC(C)(C)OC(=O)N1CCC(COC2CCC(C(=O)O)CC2)C1. The molecule has 1 unspecified atom stereocenters. The van der Waals surface area contributed by atoms with Crippen molar-refractivity contribution in [3.05, 3.63) is 0 Å². The molecule has 0 spiro atoms. The predicted octanol–water partition coefficient (Wildman–Crippen LogP) is 2.90. The molecule has 1 heterocycles. The van der Waals surface area contributed by atoms with Gasteiger partial charge in [0.15, 0.2) is 0 Å². The number of nitrogens with zero attached hydrogens (tertiary/aromatic N) is 1. The molecule has 0 radical (unpaired) electrons. The predicted molar refractivity (Wildman–Crippen MR) is 85.2 cm³/mol. The summed E-state index contributed by atoms with van der Waals surface area (Å²) in [4.78, 5) is 24.7. The molecule has 0 bridgehead atoms. The van der Waals surface area contributed by atoms with E-state index in [4.69, 9.17) is 14.6 Å². The number of carbonyl (C=O) groups excluding carboxylic acids is 1. The summed E-state index contributed by atoms with van der Waals surface area (Å²) in [7, 11) is 0. The van der Waals surface area contributed by atoms with Gasteiger partial charge in [-0.15, -0.1) is 0 Å². The van der Waals surface area contributed by atoms with Crippen molar-refractivity contribution in [2.24, 2.45) is 11.8 Å². The van der Waals surface area contributed by atoms with Crippen LogP contribution in [0.4, 0.5) is 4.79 Å². The summed E-state index contributed by atoms with van der Waals surface area (Å²) in [6, 6.07) is 0. The highest BCUT2D eigenvalue weighted by Crippen LogP contribution is 2.28. The van der Waals surface area contributed by atoms with Gasteiger partial charge in [-0.25, -0.2) is 4.79 Å². The number of hydrogen-bond acceptors (Lipinski definition) is 4. The lowest BCUT2D eigenvalue weighted by Crippen LogP contribution is -2.35. The minimum absolute atomic E-state index is 0.168. The van der Waals surface area contributed by atoms with Crippen molar-refractivity contribution in [3.8, 4) is 0 Å². The Bertz CT molecular complexity index is 423. The summed E-state index contributed by atoms with van der Waals surface area (Å²) in [5.74, 6) is -0.545. The Morgan fingerprint density at radius 3 is 2.35 bits per heavy atom. The molecule has 2 aliphatic rings. The van der Waals surface area contributed by atoms with Crippen molar-refractivity contribution in [3.63, 3.8) is 0 Å². The van der Waals surface area contributed by atoms with Crippen LogP contribution in [0.1, 0.15) is 52.9 Å². The number of ether oxygens (including phenoxy) is 2. The van der Waals surface area contributed by atoms with E-state index < -0.39 is 11.6 Å². The fourth-order valence-electron chi connectivity index (χ4n) is 3.21. The zero-order valence-electron chi connectivity index (χ0n) is 14.4. The Morgan fingerprint density at radius 1 is 1.13 bits per heavy atom. The number of hydrogen-bond donors (Lipinski definition) is 1. The van der Waals surface area contributed by atoms with E-state index in [1.807, 2.05) is 20.8 Å². The lowest BCUT2D eigenvalue weighted by atomic mass is 9.87. The number of amides is 1. The van der Waals surface area contributed by atoms with Crippen LogP contribution in [0.5, 0.6) is 0 Å². The van der Waals surface area contributed by atoms with Crippen LogP contribution in [0, 0.1) is 11.8 Å². The van der Waals surface area contributed by atoms with Gasteiger partial charge in [0.05, 0.1) is 18.6 Å². The van der Waals surface area contributed by atoms with Crippen LogP contribution in [0.2, 0.25) is 0 Å². The second-order valence-electron chi connectivity index (χ2n) is 7.73. The van der Waals surface area contributed by atoms with Crippen LogP contribution in [-0.4, -0.2) is 53.5 Å². The van der Waals surface area contributed by atoms with Gasteiger partial charge in [0.1, 0.15) is 5.60 Å². The fraction of sp³-hybridized carbons (Fsp3) is 0.882. The first-order valence-corrected chi connectivity index (χ1v) is 8.57. The highest BCUT2D eigenvalue weighted by atomic mass is 16.6. The highest BCUT2D eigenvalue weighted by molar-refractivity contribution is 5.70. The molecule has 1 saturated heterocycles. The second kappa shape index (κ2) is 7.51. The average Bonchev–Trinajstić information content (AvgIpc) is 2.93. The molecule has 0 aromatic carbocycles. The smallest absolute Gasteiger partial charge is 0.410 e. The van der Waals surface area contributed by atoms with Gasteiger partial charge in [0.25, 0.3) is 0 Å². The lowest BCUT2D eigenvalue weighted by Gasteiger charge is -2.27. The minimum Gasteiger partial charge on any atom is -0.481 e. The molecular weight excluding hydrogens is 298 g/mol. The average molecular weight is 327 g/mol. The van der Waals surface area contributed by atoms with Crippen molar-refractivity contribution in [2.75, 3.05) is 19.7 Å². The first-order chi connectivity index (χ1) is 10.7. The summed E-state index contributed by atoms with van der Waals surface area (Å²) >= 11 is 0. The maximum atomic E-state index is 12.0. The van der Waals surface area contributed by atoms with Crippen molar-refractivity contribution < 1.29 is 24.2 Å². The molecule has 1 aliphatic carbocycles. The van der Waals surface area contributed by atoms with Crippen LogP contribution >= 0.6 is 0 Å². The van der Waals surface area contributed by atoms with E-state index in [0.717, 1.165) is 19.3 Å². The Hall–Kier alpha value is -1.30. The molecule has 1 atom stereocenters. The third-order valence-corrected chi connectivity index (χ3v) is 4.53. The molecule has 2 fully saturated rings. The zero-order valence-corrected chi connectivity index (χ0v) is 14.4. The zero-order chi connectivity index (χ0) is 17.0. The monoisotopic (exact) mass is 327 g/mol. The van der Waals surface area contributed by atoms with Gasteiger partial charge in [-0.05, 0) is 52.9 Å². The van der Waals surface area contributed by atoms with Crippen molar-refractivity contribution in [2.45, 2.75) is 64.6 Å². The van der Waals surface area contributed by atoms with E-state index in [1.165, 1.54) is 0 Å². The van der Waals surface area contributed by atoms with Crippen LogP contribution in [0.15, 0.2) is 0 Å². The largest absolute Gasteiger partial charge is 0.481 e. The van der Waals surface area contributed by atoms with Crippen molar-refractivity contribution in [1.82, 2.24) is 4.90 Å². The highest BCUT2D eigenvalue weighted by Gasteiger charge is 2.31. The van der Waals surface area contributed by atoms with E-state index in [-0.39, 0.29) is 18.1 Å². The summed E-state index contributed by atoms with van der Waals surface area (Å²) in [6.45, 7) is 7.65. The number of likely N-dealkylation sites (tertiary alicyclic amines) is 1. The van der Waals surface area contributed by atoms with Crippen LogP contribution in [-0.2, 0) is 14.3 Å². The third kappa shape index (κ3) is 5.68. The first-order valence-electron chi connectivity index (χ1n) is 8.57. The van der Waals surface area contributed by atoms with Crippen molar-refractivity contribution in [1.29, 1.82) is 0 Å². The molecule has 2 rings (SSSR count). The topological polar surface area (TPSA) is 76.1 Å². The number of carbonyl (C=O) groups is 2. The van der Waals surface area contributed by atoms with Gasteiger partial charge in [-0.3, -0.25) is 4.79 Å². The van der Waals surface area contributed by atoms with Gasteiger partial charge in [-0.2, -0.15) is 0 Å². The number of aliphatic carboxylic acids is 1. The Labute approximate surface area is 138 Å². The minimum atomic E-state index is -0.688. The molecule has 1 N–H and O–H groups in total. The maximum Gasteiger partial charge on any atom is 0.410 e. The van der Waals surface area contributed by atoms with Crippen LogP contribution in [0.3, 0.4) is 0 Å². The molecular formula is C17H29NO5. The molecule has 6 nitrogen and oxygen atoms in total. The number of carboxylic acid groups (broad SMARTS) is 1. The maximum absolute atomic E-state index is 12.0. The molecule has 23 heavy (non-hydrogen) atoms. The van der Waals surface area contributed by atoms with Gasteiger partial charge >= 0.3 is 12.1 Å². The molecule has 1 aliphatic heterocycles. The van der Waals surface area contributed by atoms with Gasteiger partial charge < -0.3 is 19.5 Å². The summed E-state index contributed by atoms with van der Waals surface area (Å²) in [5, 5.41) is 9.00. The van der Waals surface area contributed by atoms with Gasteiger partial charge in [0, 0.05) is 19.0 Å². The van der Waals surface area contributed by atoms with E-state index in [9.17, 15) is 9.59 Å². The van der Waals surface area contributed by atoms with Gasteiger partial charge in [0.2, 0.25) is 0 Å². The van der Waals surface area contributed by atoms with Crippen molar-refractivity contribution >= 4 is 12.1 Å². The normalized spacial score (nSPS) is 28.7. The van der Waals surface area contributed by atoms with Crippen LogP contribution < -0.4 is 0 Å². The summed E-state index contributed by atoms with van der Waals surface area (Å²) < 4.78 is 11.3. The van der Waals surface area contributed by atoms with E-state index in [1.54, 1.807) is 4.90 Å². The van der Waals surface area contributed by atoms with Gasteiger partial charge in [-0.1, -0.05) is 0 Å². The standard InChI is InChI=1S/C17H29NO5/c1-17(2,3)23-16(21)18-9-8-12(10-18)11-22-14-6-4-13(5-7-14)15(19)20/h12-14H,4-11H2,1-3H3,(H,19,20). The summed E-state index contributed by atoms with van der Waals surface area (Å²) in [5.41, 5.74) is -0.464. The lowest BCUT2D eigenvalue weighted by molar-refractivity contribution is -0.143. The molecule has 6 heteroatoms. The van der Waals surface area contributed by atoms with E-state index >= 15 is 0 Å². The number of rotatable bonds is 4. The Morgan fingerprint density at radius 2 is 1.78 bits per heavy atom. The van der Waals surface area contributed by atoms with E-state index in [2.05, 4.69) is 0 Å². The molecule has 0 aromatic heterocycles. The molecule has 0 aromatic rings. The molecule has 1 amide bonds.